The van der Waals surface area contributed by atoms with Gasteiger partial charge in [0, 0.05) is 18.1 Å². The topological polar surface area (TPSA) is 63.7 Å². The number of benzene rings is 1. The minimum atomic E-state index is -3.35. The minimum absolute atomic E-state index is 0.0816. The van der Waals surface area contributed by atoms with Crippen molar-refractivity contribution >= 4 is 27.5 Å². The van der Waals surface area contributed by atoms with Crippen LogP contribution in [0.15, 0.2) is 24.3 Å². The molecule has 1 aliphatic heterocycles. The van der Waals surface area contributed by atoms with Gasteiger partial charge in [-0.3, -0.25) is 0 Å². The van der Waals surface area contributed by atoms with E-state index in [-0.39, 0.29) is 18.9 Å². The summed E-state index contributed by atoms with van der Waals surface area (Å²) in [6.07, 6.45) is -0.141. The van der Waals surface area contributed by atoms with Crippen molar-refractivity contribution in [2.75, 3.05) is 25.4 Å². The van der Waals surface area contributed by atoms with Crippen LogP contribution >= 0.6 is 11.6 Å². The van der Waals surface area contributed by atoms with E-state index in [1.54, 1.807) is 31.2 Å². The molecule has 0 aromatic heterocycles. The number of halogens is 1. The SMILES string of the molecule is CCOC(=O)N1CC[C@@H](c2ccccc2Cl)S(=O)(=O)CC1. The van der Waals surface area contributed by atoms with Gasteiger partial charge in [0.1, 0.15) is 0 Å². The molecule has 0 aliphatic carbocycles. The van der Waals surface area contributed by atoms with Crippen LogP contribution in [0.2, 0.25) is 5.02 Å². The quantitative estimate of drug-likeness (QED) is 0.835. The van der Waals surface area contributed by atoms with Crippen LogP contribution in [0.25, 0.3) is 0 Å². The molecule has 0 spiro atoms. The number of amides is 1. The van der Waals surface area contributed by atoms with Gasteiger partial charge in [-0.25, -0.2) is 13.2 Å². The molecule has 1 amide bonds. The van der Waals surface area contributed by atoms with Crippen molar-refractivity contribution in [1.29, 1.82) is 0 Å². The van der Waals surface area contributed by atoms with Gasteiger partial charge in [-0.15, -0.1) is 0 Å². The Kier molecular flexibility index (Phi) is 5.11. The van der Waals surface area contributed by atoms with Gasteiger partial charge in [0.05, 0.1) is 17.6 Å². The second kappa shape index (κ2) is 6.66. The second-order valence-corrected chi connectivity index (χ2v) is 7.56. The van der Waals surface area contributed by atoms with Crippen LogP contribution in [-0.2, 0) is 14.6 Å². The lowest BCUT2D eigenvalue weighted by atomic mass is 10.1. The summed E-state index contributed by atoms with van der Waals surface area (Å²) < 4.78 is 29.8. The molecule has 5 nitrogen and oxygen atoms in total. The Labute approximate surface area is 129 Å². The van der Waals surface area contributed by atoms with E-state index >= 15 is 0 Å². The van der Waals surface area contributed by atoms with Gasteiger partial charge >= 0.3 is 6.09 Å². The normalized spacial score (nSPS) is 21.6. The summed E-state index contributed by atoms with van der Waals surface area (Å²) in [6, 6.07) is 6.94. The van der Waals surface area contributed by atoms with Crippen molar-refractivity contribution in [2.24, 2.45) is 0 Å². The number of sulfone groups is 1. The molecule has 0 N–H and O–H groups in total. The lowest BCUT2D eigenvalue weighted by molar-refractivity contribution is 0.109. The van der Waals surface area contributed by atoms with Crippen molar-refractivity contribution < 1.29 is 17.9 Å². The fourth-order valence-corrected chi connectivity index (χ4v) is 4.58. The second-order valence-electron chi connectivity index (χ2n) is 4.85. The zero-order chi connectivity index (χ0) is 15.5. The van der Waals surface area contributed by atoms with Gasteiger partial charge in [0.2, 0.25) is 0 Å². The molecular weight excluding hydrogens is 314 g/mol. The van der Waals surface area contributed by atoms with E-state index < -0.39 is 21.2 Å². The molecule has 1 saturated heterocycles. The Hall–Kier alpha value is -1.27. The number of hydrogen-bond donors (Lipinski definition) is 0. The summed E-state index contributed by atoms with van der Waals surface area (Å²) in [4.78, 5) is 13.2. The molecule has 1 atom stereocenters. The highest BCUT2D eigenvalue weighted by Gasteiger charge is 2.34. The Morgan fingerprint density at radius 3 is 2.76 bits per heavy atom. The van der Waals surface area contributed by atoms with Gasteiger partial charge in [-0.2, -0.15) is 0 Å². The van der Waals surface area contributed by atoms with E-state index in [0.717, 1.165) is 0 Å². The highest BCUT2D eigenvalue weighted by Crippen LogP contribution is 2.33. The molecule has 0 unspecified atom stereocenters. The highest BCUT2D eigenvalue weighted by molar-refractivity contribution is 7.91. The first-order valence-corrected chi connectivity index (χ1v) is 8.92. The Bertz CT molecular complexity index is 617. The molecule has 2 rings (SSSR count). The molecule has 1 heterocycles. The van der Waals surface area contributed by atoms with E-state index in [0.29, 0.717) is 23.6 Å². The van der Waals surface area contributed by atoms with Crippen LogP contribution in [0.4, 0.5) is 4.79 Å². The third-order valence-electron chi connectivity index (χ3n) is 3.52. The standard InChI is InChI=1S/C14H18ClNO4S/c1-2-20-14(17)16-8-7-13(21(18,19)10-9-16)11-5-3-4-6-12(11)15/h3-6,13H,2,7-10H2,1H3/t13-/m0/s1. The van der Waals surface area contributed by atoms with Crippen molar-refractivity contribution in [1.82, 2.24) is 4.90 Å². The van der Waals surface area contributed by atoms with Crippen LogP contribution in [0, 0.1) is 0 Å². The molecule has 0 saturated carbocycles. The Morgan fingerprint density at radius 1 is 1.38 bits per heavy atom. The smallest absolute Gasteiger partial charge is 0.409 e. The first-order valence-electron chi connectivity index (χ1n) is 6.83. The maximum atomic E-state index is 12.4. The number of nitrogens with zero attached hydrogens (tertiary/aromatic N) is 1. The monoisotopic (exact) mass is 331 g/mol. The summed E-state index contributed by atoms with van der Waals surface area (Å²) in [5, 5.41) is -0.235. The van der Waals surface area contributed by atoms with Crippen molar-refractivity contribution in [3.63, 3.8) is 0 Å². The first-order chi connectivity index (χ1) is 9.95. The fourth-order valence-electron chi connectivity index (χ4n) is 2.43. The van der Waals surface area contributed by atoms with E-state index in [9.17, 15) is 13.2 Å². The van der Waals surface area contributed by atoms with E-state index in [1.165, 1.54) is 4.90 Å². The summed E-state index contributed by atoms with van der Waals surface area (Å²) >= 11 is 6.12. The van der Waals surface area contributed by atoms with Crippen LogP contribution in [0.1, 0.15) is 24.2 Å². The van der Waals surface area contributed by atoms with Crippen LogP contribution < -0.4 is 0 Å². The number of carbonyl (C=O) groups excluding carboxylic acids is 1. The molecule has 0 radical (unpaired) electrons. The van der Waals surface area contributed by atoms with Crippen molar-refractivity contribution in [2.45, 2.75) is 18.6 Å². The van der Waals surface area contributed by atoms with Gasteiger partial charge in [0.15, 0.2) is 9.84 Å². The zero-order valence-corrected chi connectivity index (χ0v) is 13.4. The lowest BCUT2D eigenvalue weighted by Crippen LogP contribution is -2.34. The summed E-state index contributed by atoms with van der Waals surface area (Å²) in [5.41, 5.74) is 0.602. The molecule has 1 fully saturated rings. The van der Waals surface area contributed by atoms with E-state index in [4.69, 9.17) is 16.3 Å². The van der Waals surface area contributed by atoms with Crippen molar-refractivity contribution in [3.05, 3.63) is 34.9 Å². The van der Waals surface area contributed by atoms with Crippen molar-refractivity contribution in [3.8, 4) is 0 Å². The van der Waals surface area contributed by atoms with Crippen LogP contribution in [-0.4, -0.2) is 44.9 Å². The zero-order valence-electron chi connectivity index (χ0n) is 11.8. The van der Waals surface area contributed by atoms with Crippen LogP contribution in [0.3, 0.4) is 0 Å². The average Bonchev–Trinajstić information content (AvgIpc) is 2.58. The summed E-state index contributed by atoms with van der Waals surface area (Å²) in [6.45, 7) is 2.49. The molecule has 1 aromatic carbocycles. The fraction of sp³-hybridized carbons (Fsp3) is 0.500. The number of ether oxygens (including phenoxy) is 1. The predicted molar refractivity (Wildman–Crippen MR) is 81.2 cm³/mol. The largest absolute Gasteiger partial charge is 0.450 e. The van der Waals surface area contributed by atoms with E-state index in [2.05, 4.69) is 0 Å². The van der Waals surface area contributed by atoms with E-state index in [1.807, 2.05) is 0 Å². The maximum absolute atomic E-state index is 12.4. The van der Waals surface area contributed by atoms with Crippen LogP contribution in [0.5, 0.6) is 0 Å². The summed E-state index contributed by atoms with van der Waals surface area (Å²) in [7, 11) is -3.35. The molecule has 7 heteroatoms. The summed E-state index contributed by atoms with van der Waals surface area (Å²) in [5.74, 6) is -0.0816. The molecular formula is C14H18ClNO4S. The molecule has 0 bridgehead atoms. The lowest BCUT2D eigenvalue weighted by Gasteiger charge is -2.19. The highest BCUT2D eigenvalue weighted by atomic mass is 35.5. The predicted octanol–water partition coefficient (Wildman–Crippen LogP) is 2.66. The number of rotatable bonds is 2. The molecule has 116 valence electrons. The molecule has 1 aromatic rings. The first kappa shape index (κ1) is 16.1. The average molecular weight is 332 g/mol. The minimum Gasteiger partial charge on any atom is -0.450 e. The third kappa shape index (κ3) is 3.68. The number of carbonyl (C=O) groups is 1. The van der Waals surface area contributed by atoms with Gasteiger partial charge < -0.3 is 9.64 Å². The van der Waals surface area contributed by atoms with Gasteiger partial charge in [-0.1, -0.05) is 29.8 Å². The number of hydrogen-bond acceptors (Lipinski definition) is 4. The third-order valence-corrected chi connectivity index (χ3v) is 5.97. The van der Waals surface area contributed by atoms with Gasteiger partial charge in [0.25, 0.3) is 0 Å². The Balaban J connectivity index is 2.24. The Morgan fingerprint density at radius 2 is 2.10 bits per heavy atom. The maximum Gasteiger partial charge on any atom is 0.409 e. The van der Waals surface area contributed by atoms with Gasteiger partial charge in [-0.05, 0) is 25.0 Å². The molecule has 21 heavy (non-hydrogen) atoms. The molecule has 1 aliphatic rings.